The van der Waals surface area contributed by atoms with Crippen molar-refractivity contribution in [3.05, 3.63) is 53.6 Å². The number of hydrogen-bond acceptors (Lipinski definition) is 4. The van der Waals surface area contributed by atoms with Crippen molar-refractivity contribution in [3.63, 3.8) is 0 Å². The summed E-state index contributed by atoms with van der Waals surface area (Å²) in [5.74, 6) is 0.661. The molecular weight excluding hydrogens is 340 g/mol. The van der Waals surface area contributed by atoms with E-state index in [-0.39, 0.29) is 5.91 Å². The van der Waals surface area contributed by atoms with Crippen molar-refractivity contribution in [1.82, 2.24) is 24.8 Å². The number of hydrogen-bond donors (Lipinski definition) is 2. The molecule has 3 heterocycles. The highest BCUT2D eigenvalue weighted by atomic mass is 35.5. The topological polar surface area (TPSA) is 88.0 Å². The van der Waals surface area contributed by atoms with Crippen LogP contribution in [-0.2, 0) is 11.2 Å². The zero-order valence-electron chi connectivity index (χ0n) is 13.2. The van der Waals surface area contributed by atoms with Crippen LogP contribution in [0.3, 0.4) is 0 Å². The van der Waals surface area contributed by atoms with Crippen LogP contribution < -0.4 is 5.32 Å². The average molecular weight is 355 g/mol. The van der Waals surface area contributed by atoms with Crippen LogP contribution in [0.25, 0.3) is 16.6 Å². The van der Waals surface area contributed by atoms with Gasteiger partial charge in [-0.05, 0) is 42.8 Å². The Morgan fingerprint density at radius 2 is 2.12 bits per heavy atom. The third-order valence-electron chi connectivity index (χ3n) is 3.94. The first-order chi connectivity index (χ1) is 12.2. The van der Waals surface area contributed by atoms with E-state index in [0.717, 1.165) is 16.6 Å². The summed E-state index contributed by atoms with van der Waals surface area (Å²) < 4.78 is 1.61. The molecule has 0 aliphatic heterocycles. The molecule has 25 heavy (non-hydrogen) atoms. The smallest absolute Gasteiger partial charge is 0.224 e. The molecular formula is C17H15ClN6O. The van der Waals surface area contributed by atoms with E-state index >= 15 is 0 Å². The number of carbonyl (C=O) groups is 1. The second kappa shape index (κ2) is 6.52. The minimum atomic E-state index is -0.0327. The lowest BCUT2D eigenvalue weighted by molar-refractivity contribution is -0.116. The number of nitrogens with zero attached hydrogens (tertiary/aromatic N) is 4. The number of aromatic amines is 1. The molecule has 8 heteroatoms. The molecule has 126 valence electrons. The normalized spacial score (nSPS) is 11.2. The van der Waals surface area contributed by atoms with E-state index in [1.807, 2.05) is 30.5 Å². The maximum atomic E-state index is 12.1. The van der Waals surface area contributed by atoms with Crippen molar-refractivity contribution in [2.24, 2.45) is 0 Å². The van der Waals surface area contributed by atoms with Crippen molar-refractivity contribution in [3.8, 4) is 0 Å². The number of anilines is 1. The number of fused-ring (bicyclic) bond motifs is 2. The fourth-order valence-corrected chi connectivity index (χ4v) is 2.87. The fraction of sp³-hybridized carbons (Fsp3) is 0.176. The molecule has 0 atom stereocenters. The molecule has 0 saturated carbocycles. The molecule has 1 amide bonds. The van der Waals surface area contributed by atoms with E-state index in [4.69, 9.17) is 11.6 Å². The SMILES string of the molecule is O=C(CCCc1nnc2ccc(Cl)nn12)Nc1ccc2[nH]ccc2c1. The Balaban J connectivity index is 1.35. The highest BCUT2D eigenvalue weighted by molar-refractivity contribution is 6.29. The molecule has 0 unspecified atom stereocenters. The van der Waals surface area contributed by atoms with Gasteiger partial charge in [-0.2, -0.15) is 9.61 Å². The number of halogens is 1. The van der Waals surface area contributed by atoms with E-state index in [1.54, 1.807) is 16.6 Å². The summed E-state index contributed by atoms with van der Waals surface area (Å²) >= 11 is 5.90. The van der Waals surface area contributed by atoms with Crippen LogP contribution in [0.4, 0.5) is 5.69 Å². The zero-order chi connectivity index (χ0) is 17.2. The minimum absolute atomic E-state index is 0.0327. The second-order valence-electron chi connectivity index (χ2n) is 5.72. The van der Waals surface area contributed by atoms with Crippen molar-refractivity contribution in [2.45, 2.75) is 19.3 Å². The van der Waals surface area contributed by atoms with Crippen LogP contribution in [-0.4, -0.2) is 30.7 Å². The van der Waals surface area contributed by atoms with Crippen LogP contribution in [0.15, 0.2) is 42.6 Å². The number of amides is 1. The average Bonchev–Trinajstić information content (AvgIpc) is 3.21. The molecule has 7 nitrogen and oxygen atoms in total. The Morgan fingerprint density at radius 3 is 3.04 bits per heavy atom. The summed E-state index contributed by atoms with van der Waals surface area (Å²) in [4.78, 5) is 15.3. The molecule has 0 aliphatic carbocycles. The van der Waals surface area contributed by atoms with Crippen LogP contribution >= 0.6 is 11.6 Å². The van der Waals surface area contributed by atoms with Gasteiger partial charge in [0.2, 0.25) is 5.91 Å². The Labute approximate surface area is 148 Å². The van der Waals surface area contributed by atoms with E-state index in [1.165, 1.54) is 0 Å². The molecule has 0 fully saturated rings. The van der Waals surface area contributed by atoms with Gasteiger partial charge in [-0.15, -0.1) is 10.2 Å². The molecule has 3 aromatic heterocycles. The number of nitrogens with one attached hydrogen (secondary N) is 2. The first-order valence-corrected chi connectivity index (χ1v) is 8.31. The largest absolute Gasteiger partial charge is 0.361 e. The number of H-pyrrole nitrogens is 1. The summed E-state index contributed by atoms with van der Waals surface area (Å²) in [5.41, 5.74) is 2.48. The summed E-state index contributed by atoms with van der Waals surface area (Å²) in [5, 5.41) is 16.7. The second-order valence-corrected chi connectivity index (χ2v) is 6.11. The number of carbonyl (C=O) groups excluding carboxylic acids is 1. The first kappa shape index (κ1) is 15.6. The third-order valence-corrected chi connectivity index (χ3v) is 4.14. The Kier molecular flexibility index (Phi) is 4.07. The number of benzene rings is 1. The molecule has 0 saturated heterocycles. The molecule has 0 spiro atoms. The predicted molar refractivity (Wildman–Crippen MR) is 95.7 cm³/mol. The molecule has 0 bridgehead atoms. The van der Waals surface area contributed by atoms with Gasteiger partial charge >= 0.3 is 0 Å². The lowest BCUT2D eigenvalue weighted by atomic mass is 10.2. The summed E-state index contributed by atoms with van der Waals surface area (Å²) in [7, 11) is 0. The number of aryl methyl sites for hydroxylation is 1. The molecule has 2 N–H and O–H groups in total. The van der Waals surface area contributed by atoms with Gasteiger partial charge in [-0.3, -0.25) is 4.79 Å². The maximum absolute atomic E-state index is 12.1. The van der Waals surface area contributed by atoms with Gasteiger partial charge < -0.3 is 10.3 Å². The van der Waals surface area contributed by atoms with E-state index in [0.29, 0.717) is 35.9 Å². The highest BCUT2D eigenvalue weighted by Gasteiger charge is 2.09. The third kappa shape index (κ3) is 3.32. The van der Waals surface area contributed by atoms with Crippen molar-refractivity contribution < 1.29 is 4.79 Å². The minimum Gasteiger partial charge on any atom is -0.361 e. The van der Waals surface area contributed by atoms with E-state index < -0.39 is 0 Å². The van der Waals surface area contributed by atoms with E-state index in [2.05, 4.69) is 25.6 Å². The Morgan fingerprint density at radius 1 is 1.20 bits per heavy atom. The van der Waals surface area contributed by atoms with E-state index in [9.17, 15) is 4.79 Å². The Bertz CT molecular complexity index is 1050. The van der Waals surface area contributed by atoms with Crippen molar-refractivity contribution in [1.29, 1.82) is 0 Å². The highest BCUT2D eigenvalue weighted by Crippen LogP contribution is 2.18. The summed E-state index contributed by atoms with van der Waals surface area (Å²) in [6, 6.07) is 11.2. The number of aromatic nitrogens is 5. The van der Waals surface area contributed by atoms with Crippen LogP contribution in [0.5, 0.6) is 0 Å². The summed E-state index contributed by atoms with van der Waals surface area (Å²) in [6.07, 6.45) is 3.51. The van der Waals surface area contributed by atoms with Gasteiger partial charge in [0.05, 0.1) is 0 Å². The molecule has 1 aromatic carbocycles. The Hall–Kier alpha value is -2.93. The zero-order valence-corrected chi connectivity index (χ0v) is 14.0. The molecule has 0 aliphatic rings. The van der Waals surface area contributed by atoms with Gasteiger partial charge in [-0.1, -0.05) is 11.6 Å². The first-order valence-electron chi connectivity index (χ1n) is 7.93. The summed E-state index contributed by atoms with van der Waals surface area (Å²) in [6.45, 7) is 0. The van der Waals surface area contributed by atoms with Crippen LogP contribution in [0, 0.1) is 0 Å². The lowest BCUT2D eigenvalue weighted by Crippen LogP contribution is -2.12. The van der Waals surface area contributed by atoms with Crippen molar-refractivity contribution >= 4 is 39.7 Å². The number of rotatable bonds is 5. The van der Waals surface area contributed by atoms with Gasteiger partial charge in [0, 0.05) is 35.6 Å². The lowest BCUT2D eigenvalue weighted by Gasteiger charge is -2.05. The van der Waals surface area contributed by atoms with Gasteiger partial charge in [0.25, 0.3) is 0 Å². The quantitative estimate of drug-likeness (QED) is 0.576. The van der Waals surface area contributed by atoms with Crippen molar-refractivity contribution in [2.75, 3.05) is 5.32 Å². The van der Waals surface area contributed by atoms with Gasteiger partial charge in [0.1, 0.15) is 5.15 Å². The van der Waals surface area contributed by atoms with Crippen LogP contribution in [0.1, 0.15) is 18.7 Å². The molecule has 4 rings (SSSR count). The molecule has 4 aromatic rings. The van der Waals surface area contributed by atoms with Gasteiger partial charge in [-0.25, -0.2) is 0 Å². The standard InChI is InChI=1S/C17H15ClN6O/c18-14-6-7-16-22-21-15(24(16)23-14)2-1-3-17(25)20-12-4-5-13-11(10-12)8-9-19-13/h4-10,19H,1-3H2,(H,20,25). The molecule has 0 radical (unpaired) electrons. The maximum Gasteiger partial charge on any atom is 0.224 e. The predicted octanol–water partition coefficient (Wildman–Crippen LogP) is 3.22. The van der Waals surface area contributed by atoms with Crippen LogP contribution in [0.2, 0.25) is 5.15 Å². The fourth-order valence-electron chi connectivity index (χ4n) is 2.73. The monoisotopic (exact) mass is 354 g/mol. The van der Waals surface area contributed by atoms with Gasteiger partial charge in [0.15, 0.2) is 11.5 Å².